The first-order valence-electron chi connectivity index (χ1n) is 7.78. The second-order valence-corrected chi connectivity index (χ2v) is 5.29. The number of nitrogens with zero attached hydrogens (tertiary/aromatic N) is 1. The Hall–Kier alpha value is -1.66. The highest BCUT2D eigenvalue weighted by molar-refractivity contribution is 5.69. The highest BCUT2D eigenvalue weighted by atomic mass is 16.6. The van der Waals surface area contributed by atoms with Gasteiger partial charge in [0.05, 0.1) is 14.2 Å². The number of carbonyl (C=O) groups excluding carboxylic acids is 2. The Balaban J connectivity index is 3.67. The molecule has 0 N–H and O–H groups in total. The molecule has 0 aromatic carbocycles. The van der Waals surface area contributed by atoms with Crippen molar-refractivity contribution in [2.75, 3.05) is 14.2 Å². The quantitative estimate of drug-likeness (QED) is 0.224. The van der Waals surface area contributed by atoms with E-state index in [9.17, 15) is 19.7 Å². The average Bonchev–Trinajstić information content (AvgIpc) is 2.51. The molecule has 1 atom stereocenters. The van der Waals surface area contributed by atoms with Gasteiger partial charge in [0.1, 0.15) is 0 Å². The van der Waals surface area contributed by atoms with Crippen molar-refractivity contribution >= 4 is 11.9 Å². The Kier molecular flexibility index (Phi) is 12.1. The summed E-state index contributed by atoms with van der Waals surface area (Å²) in [5.41, 5.74) is 0. The topological polar surface area (TPSA) is 95.7 Å². The lowest BCUT2D eigenvalue weighted by Gasteiger charge is -2.09. The molecule has 0 aliphatic carbocycles. The summed E-state index contributed by atoms with van der Waals surface area (Å²) in [7, 11) is 2.69. The molecule has 0 bridgehead atoms. The molecule has 0 aliphatic rings. The average molecular weight is 317 g/mol. The molecule has 22 heavy (non-hydrogen) atoms. The number of methoxy groups -OCH3 is 2. The van der Waals surface area contributed by atoms with Crippen LogP contribution in [0.4, 0.5) is 0 Å². The van der Waals surface area contributed by atoms with Crippen LogP contribution in [0.25, 0.3) is 0 Å². The van der Waals surface area contributed by atoms with Crippen LogP contribution in [0.5, 0.6) is 0 Å². The van der Waals surface area contributed by atoms with Crippen LogP contribution in [0.1, 0.15) is 64.2 Å². The van der Waals surface area contributed by atoms with Crippen molar-refractivity contribution in [1.82, 2.24) is 0 Å². The minimum Gasteiger partial charge on any atom is -0.469 e. The minimum absolute atomic E-state index is 0.195. The van der Waals surface area contributed by atoms with Crippen molar-refractivity contribution in [3.63, 3.8) is 0 Å². The molecule has 1 unspecified atom stereocenters. The fourth-order valence-electron chi connectivity index (χ4n) is 2.22. The standard InChI is InChI=1S/C15H27NO6/c1-21-14(17)11-7-5-3-4-6-9-13(16(19)20)10-8-12-15(18)22-2/h13H,3-12H2,1-2H3. The molecule has 0 aromatic heterocycles. The summed E-state index contributed by atoms with van der Waals surface area (Å²) in [4.78, 5) is 32.6. The first-order valence-corrected chi connectivity index (χ1v) is 7.78. The largest absolute Gasteiger partial charge is 0.469 e. The maximum Gasteiger partial charge on any atom is 0.305 e. The second-order valence-electron chi connectivity index (χ2n) is 5.29. The van der Waals surface area contributed by atoms with Crippen molar-refractivity contribution < 1.29 is 24.0 Å². The van der Waals surface area contributed by atoms with Crippen LogP contribution in [-0.4, -0.2) is 37.1 Å². The molecule has 0 saturated carbocycles. The number of unbranched alkanes of at least 4 members (excludes halogenated alkanes) is 4. The Bertz CT molecular complexity index is 345. The molecular weight excluding hydrogens is 290 g/mol. The summed E-state index contributed by atoms with van der Waals surface area (Å²) in [6, 6.07) is -0.584. The monoisotopic (exact) mass is 317 g/mol. The number of nitro groups is 1. The number of carbonyl (C=O) groups is 2. The highest BCUT2D eigenvalue weighted by Crippen LogP contribution is 2.14. The molecule has 0 spiro atoms. The van der Waals surface area contributed by atoms with E-state index in [0.29, 0.717) is 25.7 Å². The van der Waals surface area contributed by atoms with E-state index in [1.54, 1.807) is 0 Å². The predicted octanol–water partition coefficient (Wildman–Crippen LogP) is 2.88. The van der Waals surface area contributed by atoms with Crippen molar-refractivity contribution in [3.8, 4) is 0 Å². The second kappa shape index (κ2) is 13.0. The zero-order valence-electron chi connectivity index (χ0n) is 13.5. The van der Waals surface area contributed by atoms with Gasteiger partial charge in [0.2, 0.25) is 6.04 Å². The van der Waals surface area contributed by atoms with E-state index in [1.165, 1.54) is 14.2 Å². The van der Waals surface area contributed by atoms with Crippen LogP contribution < -0.4 is 0 Å². The summed E-state index contributed by atoms with van der Waals surface area (Å²) in [5, 5.41) is 11.0. The lowest BCUT2D eigenvalue weighted by molar-refractivity contribution is -0.524. The zero-order chi connectivity index (χ0) is 16.8. The first kappa shape index (κ1) is 20.3. The Morgan fingerprint density at radius 1 is 0.864 bits per heavy atom. The minimum atomic E-state index is -0.584. The van der Waals surface area contributed by atoms with Crippen LogP contribution in [0.2, 0.25) is 0 Å². The highest BCUT2D eigenvalue weighted by Gasteiger charge is 2.19. The van der Waals surface area contributed by atoms with Gasteiger partial charge in [-0.25, -0.2) is 0 Å². The van der Waals surface area contributed by atoms with Gasteiger partial charge in [-0.3, -0.25) is 19.7 Å². The summed E-state index contributed by atoms with van der Waals surface area (Å²) < 4.78 is 9.06. The normalized spacial score (nSPS) is 11.7. The number of rotatable bonds is 13. The molecule has 7 nitrogen and oxygen atoms in total. The summed E-state index contributed by atoms with van der Waals surface area (Å²) in [5.74, 6) is -0.522. The smallest absolute Gasteiger partial charge is 0.305 e. The molecule has 0 aliphatic heterocycles. The van der Waals surface area contributed by atoms with Crippen molar-refractivity contribution in [2.24, 2.45) is 0 Å². The molecule has 0 saturated heterocycles. The van der Waals surface area contributed by atoms with E-state index in [1.807, 2.05) is 0 Å². The third-order valence-corrected chi connectivity index (χ3v) is 3.59. The van der Waals surface area contributed by atoms with E-state index < -0.39 is 6.04 Å². The van der Waals surface area contributed by atoms with Gasteiger partial charge in [-0.1, -0.05) is 19.3 Å². The Morgan fingerprint density at radius 3 is 1.86 bits per heavy atom. The summed E-state index contributed by atoms with van der Waals surface area (Å²) in [6.07, 6.45) is 6.49. The summed E-state index contributed by atoms with van der Waals surface area (Å²) in [6.45, 7) is 0. The van der Waals surface area contributed by atoms with E-state index >= 15 is 0 Å². The predicted molar refractivity (Wildman–Crippen MR) is 81.0 cm³/mol. The van der Waals surface area contributed by atoms with Gasteiger partial charge in [-0.15, -0.1) is 0 Å². The maximum absolute atomic E-state index is 11.0. The van der Waals surface area contributed by atoms with Crippen LogP contribution in [-0.2, 0) is 19.1 Å². The summed E-state index contributed by atoms with van der Waals surface area (Å²) >= 11 is 0. The number of hydrogen-bond acceptors (Lipinski definition) is 6. The third-order valence-electron chi connectivity index (χ3n) is 3.59. The number of esters is 2. The third kappa shape index (κ3) is 11.0. The van der Waals surface area contributed by atoms with Crippen LogP contribution in [0.15, 0.2) is 0 Å². The maximum atomic E-state index is 11.0. The Morgan fingerprint density at radius 2 is 1.32 bits per heavy atom. The van der Waals surface area contributed by atoms with Crippen LogP contribution in [0, 0.1) is 10.1 Å². The lowest BCUT2D eigenvalue weighted by atomic mass is 10.0. The van der Waals surface area contributed by atoms with Gasteiger partial charge < -0.3 is 9.47 Å². The molecule has 128 valence electrons. The van der Waals surface area contributed by atoms with Gasteiger partial charge >= 0.3 is 11.9 Å². The molecular formula is C15H27NO6. The van der Waals surface area contributed by atoms with Gasteiger partial charge in [0.25, 0.3) is 0 Å². The molecule has 0 rings (SSSR count). The number of ether oxygens (including phenoxy) is 2. The van der Waals surface area contributed by atoms with Gasteiger partial charge in [-0.05, 0) is 19.3 Å². The van der Waals surface area contributed by atoms with E-state index in [4.69, 9.17) is 0 Å². The van der Waals surface area contributed by atoms with E-state index in [0.717, 1.165) is 32.1 Å². The van der Waals surface area contributed by atoms with Crippen molar-refractivity contribution in [1.29, 1.82) is 0 Å². The molecule has 0 heterocycles. The van der Waals surface area contributed by atoms with Gasteiger partial charge in [-0.2, -0.15) is 0 Å². The molecule has 0 aromatic rings. The Labute approximate surface area is 131 Å². The molecule has 0 radical (unpaired) electrons. The number of hydrogen-bond donors (Lipinski definition) is 0. The van der Waals surface area contributed by atoms with Crippen LogP contribution in [0.3, 0.4) is 0 Å². The first-order chi connectivity index (χ1) is 10.5. The van der Waals surface area contributed by atoms with Crippen molar-refractivity contribution in [3.05, 3.63) is 10.1 Å². The molecule has 7 heteroatoms. The van der Waals surface area contributed by atoms with E-state index in [-0.39, 0.29) is 23.3 Å². The van der Waals surface area contributed by atoms with E-state index in [2.05, 4.69) is 9.47 Å². The van der Waals surface area contributed by atoms with Gasteiger partial charge in [0.15, 0.2) is 0 Å². The van der Waals surface area contributed by atoms with Crippen LogP contribution >= 0.6 is 0 Å². The molecule has 0 amide bonds. The SMILES string of the molecule is COC(=O)CCCCCCCC(CCCC(=O)OC)[N+](=O)[O-]. The lowest BCUT2D eigenvalue weighted by Crippen LogP contribution is -2.19. The van der Waals surface area contributed by atoms with Crippen molar-refractivity contribution in [2.45, 2.75) is 70.3 Å². The fourth-order valence-corrected chi connectivity index (χ4v) is 2.22. The zero-order valence-corrected chi connectivity index (χ0v) is 13.5. The van der Waals surface area contributed by atoms with Gasteiger partial charge in [0, 0.05) is 30.6 Å². The fraction of sp³-hybridized carbons (Fsp3) is 0.867. The molecule has 0 fully saturated rings.